The van der Waals surface area contributed by atoms with E-state index in [0.29, 0.717) is 19.6 Å². The van der Waals surface area contributed by atoms with Gasteiger partial charge in [0.2, 0.25) is 0 Å². The molecule has 0 aliphatic rings. The molecule has 0 unspecified atom stereocenters. The Balaban J connectivity index is 3.35. The second kappa shape index (κ2) is 9.55. The van der Waals surface area contributed by atoms with Crippen molar-refractivity contribution in [2.75, 3.05) is 19.8 Å². The minimum atomic E-state index is -0.116. The molecule has 0 radical (unpaired) electrons. The summed E-state index contributed by atoms with van der Waals surface area (Å²) in [6.07, 6.45) is 4.57. The maximum absolute atomic E-state index is 11.1. The molecule has 4 heteroatoms. The minimum Gasteiger partial charge on any atom is -0.394 e. The molecule has 0 saturated carbocycles. The van der Waals surface area contributed by atoms with Gasteiger partial charge in [-0.1, -0.05) is 0 Å². The fourth-order valence-electron chi connectivity index (χ4n) is 0.964. The summed E-state index contributed by atoms with van der Waals surface area (Å²) in [5.74, 6) is -0.151. The standard InChI is InChI=1S/C11H18O4/c1-10(13)5-6-11(14)4-2-3-8-15-9-7-12/h5-6,12H,2-4,7-9H2,1H3/b6-5-. The van der Waals surface area contributed by atoms with E-state index in [1.807, 2.05) is 0 Å². The van der Waals surface area contributed by atoms with Gasteiger partial charge in [-0.05, 0) is 31.9 Å². The Bertz CT molecular complexity index is 221. The summed E-state index contributed by atoms with van der Waals surface area (Å²) in [5, 5.41) is 8.41. The highest BCUT2D eigenvalue weighted by atomic mass is 16.5. The fraction of sp³-hybridized carbons (Fsp3) is 0.636. The highest BCUT2D eigenvalue weighted by Crippen LogP contribution is 1.98. The quantitative estimate of drug-likeness (QED) is 0.457. The number of rotatable bonds is 9. The van der Waals surface area contributed by atoms with Crippen molar-refractivity contribution in [2.24, 2.45) is 0 Å². The number of carbonyl (C=O) groups excluding carboxylic acids is 2. The Morgan fingerprint density at radius 1 is 1.20 bits per heavy atom. The van der Waals surface area contributed by atoms with Crippen LogP contribution in [0.25, 0.3) is 0 Å². The van der Waals surface area contributed by atoms with Gasteiger partial charge in [0.05, 0.1) is 13.2 Å². The number of unbranched alkanes of at least 4 members (excludes halogenated alkanes) is 1. The Morgan fingerprint density at radius 2 is 1.93 bits per heavy atom. The lowest BCUT2D eigenvalue weighted by atomic mass is 10.1. The number of carbonyl (C=O) groups is 2. The molecule has 0 aliphatic carbocycles. The third-order valence-electron chi connectivity index (χ3n) is 1.70. The summed E-state index contributed by atoms with van der Waals surface area (Å²) in [6, 6.07) is 0. The Hall–Kier alpha value is -1.00. The number of allylic oxidation sites excluding steroid dienone is 2. The van der Waals surface area contributed by atoms with Crippen molar-refractivity contribution in [3.05, 3.63) is 12.2 Å². The largest absolute Gasteiger partial charge is 0.394 e. The summed E-state index contributed by atoms with van der Waals surface area (Å²) in [4.78, 5) is 21.6. The Morgan fingerprint density at radius 3 is 2.53 bits per heavy atom. The Kier molecular flexibility index (Phi) is 8.91. The van der Waals surface area contributed by atoms with Crippen LogP contribution in [0.2, 0.25) is 0 Å². The summed E-state index contributed by atoms with van der Waals surface area (Å²) in [7, 11) is 0. The van der Waals surface area contributed by atoms with Crippen LogP contribution in [-0.2, 0) is 14.3 Å². The van der Waals surface area contributed by atoms with Gasteiger partial charge in [0, 0.05) is 13.0 Å². The van der Waals surface area contributed by atoms with E-state index < -0.39 is 0 Å². The molecule has 4 nitrogen and oxygen atoms in total. The number of aliphatic hydroxyl groups is 1. The number of ketones is 2. The van der Waals surface area contributed by atoms with Crippen LogP contribution in [-0.4, -0.2) is 36.5 Å². The van der Waals surface area contributed by atoms with Crippen LogP contribution in [0.5, 0.6) is 0 Å². The molecule has 0 amide bonds. The maximum Gasteiger partial charge on any atom is 0.155 e. The number of aliphatic hydroxyl groups excluding tert-OH is 1. The summed E-state index contributed by atoms with van der Waals surface area (Å²) in [5.41, 5.74) is 0. The van der Waals surface area contributed by atoms with Gasteiger partial charge < -0.3 is 9.84 Å². The average molecular weight is 214 g/mol. The fourth-order valence-corrected chi connectivity index (χ4v) is 0.964. The van der Waals surface area contributed by atoms with Gasteiger partial charge in [-0.15, -0.1) is 0 Å². The second-order valence-electron chi connectivity index (χ2n) is 3.20. The van der Waals surface area contributed by atoms with Gasteiger partial charge in [0.25, 0.3) is 0 Å². The van der Waals surface area contributed by atoms with Gasteiger partial charge >= 0.3 is 0 Å². The average Bonchev–Trinajstić information content (AvgIpc) is 2.20. The first-order valence-electron chi connectivity index (χ1n) is 5.07. The number of hydrogen-bond donors (Lipinski definition) is 1. The summed E-state index contributed by atoms with van der Waals surface area (Å²) in [6.45, 7) is 2.34. The van der Waals surface area contributed by atoms with Crippen molar-refractivity contribution < 1.29 is 19.4 Å². The van der Waals surface area contributed by atoms with Crippen LogP contribution < -0.4 is 0 Å². The van der Waals surface area contributed by atoms with Crippen molar-refractivity contribution in [3.8, 4) is 0 Å². The molecule has 15 heavy (non-hydrogen) atoms. The van der Waals surface area contributed by atoms with E-state index in [4.69, 9.17) is 9.84 Å². The molecule has 0 aliphatic heterocycles. The lowest BCUT2D eigenvalue weighted by Gasteiger charge is -2.00. The van der Waals surface area contributed by atoms with Gasteiger partial charge in [0.15, 0.2) is 11.6 Å². The van der Waals surface area contributed by atoms with Crippen molar-refractivity contribution >= 4 is 11.6 Å². The number of ether oxygens (including phenoxy) is 1. The molecule has 0 rings (SSSR count). The third-order valence-corrected chi connectivity index (χ3v) is 1.70. The highest BCUT2D eigenvalue weighted by molar-refractivity contribution is 5.97. The lowest BCUT2D eigenvalue weighted by Crippen LogP contribution is -2.01. The Labute approximate surface area is 89.9 Å². The third kappa shape index (κ3) is 10.9. The molecule has 0 saturated heterocycles. The zero-order chi connectivity index (χ0) is 11.5. The van der Waals surface area contributed by atoms with Crippen LogP contribution in [0.3, 0.4) is 0 Å². The smallest absolute Gasteiger partial charge is 0.155 e. The summed E-state index contributed by atoms with van der Waals surface area (Å²) < 4.78 is 5.03. The second-order valence-corrected chi connectivity index (χ2v) is 3.20. The molecule has 0 atom stereocenters. The molecule has 0 aromatic rings. The van der Waals surface area contributed by atoms with Crippen LogP contribution >= 0.6 is 0 Å². The number of hydrogen-bond acceptors (Lipinski definition) is 4. The van der Waals surface area contributed by atoms with Gasteiger partial charge in [0.1, 0.15) is 0 Å². The molecule has 86 valence electrons. The molecule has 0 heterocycles. The molecule has 0 aromatic heterocycles. The monoisotopic (exact) mass is 214 g/mol. The molecule has 1 N–H and O–H groups in total. The molecular formula is C11H18O4. The molecule has 0 fully saturated rings. The SMILES string of the molecule is CC(=O)/C=C\C(=O)CCCCOCCO. The zero-order valence-electron chi connectivity index (χ0n) is 9.07. The predicted molar refractivity (Wildman–Crippen MR) is 56.6 cm³/mol. The normalized spacial score (nSPS) is 10.8. The molecule has 0 aromatic carbocycles. The van der Waals surface area contributed by atoms with Crippen LogP contribution in [0.15, 0.2) is 12.2 Å². The van der Waals surface area contributed by atoms with Crippen molar-refractivity contribution in [3.63, 3.8) is 0 Å². The van der Waals surface area contributed by atoms with Gasteiger partial charge in [-0.3, -0.25) is 9.59 Å². The van der Waals surface area contributed by atoms with E-state index in [1.165, 1.54) is 19.1 Å². The highest BCUT2D eigenvalue weighted by Gasteiger charge is 1.97. The first-order chi connectivity index (χ1) is 7.16. The van der Waals surface area contributed by atoms with Crippen LogP contribution in [0, 0.1) is 0 Å². The lowest BCUT2D eigenvalue weighted by molar-refractivity contribution is -0.116. The van der Waals surface area contributed by atoms with Crippen LogP contribution in [0.1, 0.15) is 26.2 Å². The first kappa shape index (κ1) is 14.0. The van der Waals surface area contributed by atoms with E-state index in [2.05, 4.69) is 0 Å². The summed E-state index contributed by atoms with van der Waals surface area (Å²) >= 11 is 0. The molecule has 0 bridgehead atoms. The van der Waals surface area contributed by atoms with Gasteiger partial charge in [-0.2, -0.15) is 0 Å². The van der Waals surface area contributed by atoms with E-state index >= 15 is 0 Å². The van der Waals surface area contributed by atoms with Crippen LogP contribution in [0.4, 0.5) is 0 Å². The zero-order valence-corrected chi connectivity index (χ0v) is 9.07. The first-order valence-corrected chi connectivity index (χ1v) is 5.07. The van der Waals surface area contributed by atoms with Gasteiger partial charge in [-0.25, -0.2) is 0 Å². The molecular weight excluding hydrogens is 196 g/mol. The molecule has 0 spiro atoms. The minimum absolute atomic E-state index is 0.0281. The van der Waals surface area contributed by atoms with E-state index in [1.54, 1.807) is 0 Å². The van der Waals surface area contributed by atoms with E-state index in [0.717, 1.165) is 12.8 Å². The van der Waals surface area contributed by atoms with E-state index in [-0.39, 0.29) is 18.2 Å². The topological polar surface area (TPSA) is 63.6 Å². The van der Waals surface area contributed by atoms with E-state index in [9.17, 15) is 9.59 Å². The maximum atomic E-state index is 11.1. The predicted octanol–water partition coefficient (Wildman–Crippen LogP) is 0.880. The van der Waals surface area contributed by atoms with Crippen molar-refractivity contribution in [2.45, 2.75) is 26.2 Å². The van der Waals surface area contributed by atoms with Crippen molar-refractivity contribution in [1.82, 2.24) is 0 Å². The van der Waals surface area contributed by atoms with Crippen molar-refractivity contribution in [1.29, 1.82) is 0 Å².